The highest BCUT2D eigenvalue weighted by Crippen LogP contribution is 2.56. The maximum absolute atomic E-state index is 7.42. The van der Waals surface area contributed by atoms with Gasteiger partial charge in [0.15, 0.2) is 5.58 Å². The molecule has 0 bridgehead atoms. The maximum atomic E-state index is 7.42. The molecule has 0 saturated carbocycles. The number of fused-ring (bicyclic) bond motifs is 13. The predicted molar refractivity (Wildman–Crippen MR) is 376 cm³/mol. The Morgan fingerprint density at radius 1 is 0.398 bits per heavy atom. The highest BCUT2D eigenvalue weighted by molar-refractivity contribution is 6.94. The Kier molecular flexibility index (Phi) is 12.1. The van der Waals surface area contributed by atoms with Crippen LogP contribution in [0.2, 0.25) is 0 Å². The third-order valence-electron chi connectivity index (χ3n) is 21.4. The largest absolute Gasteiger partial charge is 0.456 e. The van der Waals surface area contributed by atoms with Crippen LogP contribution in [0, 0.1) is 0 Å². The van der Waals surface area contributed by atoms with Crippen LogP contribution in [-0.4, -0.2) is 6.85 Å². The van der Waals surface area contributed by atoms with Crippen LogP contribution in [0.4, 0.5) is 45.5 Å². The van der Waals surface area contributed by atoms with Gasteiger partial charge in [-0.2, -0.15) is 0 Å². The van der Waals surface area contributed by atoms with E-state index >= 15 is 0 Å². The Labute approximate surface area is 522 Å². The maximum Gasteiger partial charge on any atom is 0.333 e. The normalized spacial score (nSPS) is 17.3. The van der Waals surface area contributed by atoms with Crippen LogP contribution in [0.5, 0.6) is 0 Å². The molecule has 6 heteroatoms. The van der Waals surface area contributed by atoms with Gasteiger partial charge in [0.2, 0.25) is 0 Å². The van der Waals surface area contributed by atoms with E-state index in [9.17, 15) is 0 Å². The molecule has 2 aliphatic heterocycles. The van der Waals surface area contributed by atoms with Crippen molar-refractivity contribution in [2.75, 3.05) is 14.6 Å². The molecule has 0 radical (unpaired) electrons. The van der Waals surface area contributed by atoms with Crippen molar-refractivity contribution in [3.05, 3.63) is 203 Å². The first-order valence-corrected chi connectivity index (χ1v) is 32.5. The molecule has 4 aliphatic rings. The molecular formula is C82H86BN3O2. The van der Waals surface area contributed by atoms with Gasteiger partial charge in [0.25, 0.3) is 0 Å². The van der Waals surface area contributed by atoms with E-state index in [4.69, 9.17) is 8.83 Å². The van der Waals surface area contributed by atoms with E-state index in [1.807, 2.05) is 0 Å². The summed E-state index contributed by atoms with van der Waals surface area (Å²) in [6, 6.07) is 63.3. The second-order valence-electron chi connectivity index (χ2n) is 32.4. The number of furan rings is 2. The number of rotatable bonds is 5. The highest BCUT2D eigenvalue weighted by atomic mass is 16.3. The lowest BCUT2D eigenvalue weighted by atomic mass is 9.42. The van der Waals surface area contributed by atoms with Gasteiger partial charge in [-0.25, -0.2) is 0 Å². The molecule has 0 atom stereocenters. The van der Waals surface area contributed by atoms with Crippen LogP contribution in [0.1, 0.15) is 182 Å². The predicted octanol–water partition coefficient (Wildman–Crippen LogP) is 22.3. The van der Waals surface area contributed by atoms with Crippen LogP contribution < -0.4 is 25.5 Å². The molecular weight excluding hydrogens is 1070 g/mol. The Hall–Kier alpha value is -7.96. The minimum Gasteiger partial charge on any atom is -0.456 e. The van der Waals surface area contributed by atoms with Crippen molar-refractivity contribution in [3.8, 4) is 11.1 Å². The number of benzene rings is 9. The van der Waals surface area contributed by atoms with E-state index < -0.39 is 0 Å². The van der Waals surface area contributed by atoms with E-state index in [1.165, 1.54) is 72.4 Å². The number of nitrogens with zero attached hydrogens (tertiary/aromatic N) is 3. The second kappa shape index (κ2) is 18.8. The lowest BCUT2D eigenvalue weighted by molar-refractivity contribution is 0.332. The van der Waals surface area contributed by atoms with E-state index in [-0.39, 0.29) is 44.8 Å². The zero-order valence-corrected chi connectivity index (χ0v) is 55.2. The summed E-state index contributed by atoms with van der Waals surface area (Å²) in [7, 11) is 0. The minimum absolute atomic E-state index is 0.00314. The SMILES string of the molecule is CC(C)(C)c1ccc(N2B3c4cc5c(cc4N(c4ccc6c(c4)C(C)(C)CCC6(C)C)c4c3c(cc3c4oc4ccccc43)-c3cc4c(cc32)oc2cc(N(c3ccc(C(C)(C)C)cc3)c3ccc(C(C)(C)C)cc3)ccc24)C(C)(C)CCC5(C)C)cc1. The first-order valence-electron chi connectivity index (χ1n) is 32.5. The fraction of sp³-hybridized carbons (Fsp3) is 0.341. The Bertz CT molecular complexity index is 4620. The van der Waals surface area contributed by atoms with Gasteiger partial charge in [0, 0.05) is 79.1 Å². The summed E-state index contributed by atoms with van der Waals surface area (Å²) in [5.41, 5.74) is 27.2. The molecule has 0 spiro atoms. The van der Waals surface area contributed by atoms with Gasteiger partial charge in [0.05, 0.1) is 5.69 Å². The molecule has 88 heavy (non-hydrogen) atoms. The van der Waals surface area contributed by atoms with E-state index in [1.54, 1.807) is 0 Å². The average Bonchev–Trinajstić information content (AvgIpc) is 1.06. The van der Waals surface area contributed by atoms with Crippen LogP contribution in [0.25, 0.3) is 55.0 Å². The van der Waals surface area contributed by atoms with Crippen molar-refractivity contribution < 1.29 is 8.83 Å². The molecule has 2 aliphatic carbocycles. The second-order valence-corrected chi connectivity index (χ2v) is 32.4. The summed E-state index contributed by atoms with van der Waals surface area (Å²) >= 11 is 0. The molecule has 5 nitrogen and oxygen atoms in total. The average molecular weight is 1160 g/mol. The van der Waals surface area contributed by atoms with Crippen LogP contribution in [0.3, 0.4) is 0 Å². The Balaban J connectivity index is 1.03. The summed E-state index contributed by atoms with van der Waals surface area (Å²) in [4.78, 5) is 7.71. The fourth-order valence-electron chi connectivity index (χ4n) is 15.7. The zero-order chi connectivity index (χ0) is 61.7. The first-order chi connectivity index (χ1) is 41.5. The van der Waals surface area contributed by atoms with Gasteiger partial charge in [-0.3, -0.25) is 0 Å². The number of hydrogen-bond donors (Lipinski definition) is 0. The molecule has 15 rings (SSSR count). The van der Waals surface area contributed by atoms with Crippen molar-refractivity contribution in [2.45, 2.75) is 181 Å². The summed E-state index contributed by atoms with van der Waals surface area (Å²) in [6.45, 7) is 40.1. The number of para-hydroxylation sites is 1. The fourth-order valence-corrected chi connectivity index (χ4v) is 15.7. The van der Waals surface area contributed by atoms with Crippen LogP contribution in [-0.2, 0) is 37.9 Å². The van der Waals surface area contributed by atoms with Crippen molar-refractivity contribution in [1.82, 2.24) is 0 Å². The topological polar surface area (TPSA) is 36.0 Å². The molecule has 0 amide bonds. The van der Waals surface area contributed by atoms with Crippen molar-refractivity contribution >= 4 is 107 Å². The summed E-state index contributed by atoms with van der Waals surface area (Å²) in [5.74, 6) is 0. The number of hydrogen-bond acceptors (Lipinski definition) is 5. The molecule has 0 fully saturated rings. The van der Waals surface area contributed by atoms with Crippen molar-refractivity contribution in [3.63, 3.8) is 0 Å². The van der Waals surface area contributed by atoms with E-state index in [0.717, 1.165) is 104 Å². The highest BCUT2D eigenvalue weighted by Gasteiger charge is 2.50. The third-order valence-corrected chi connectivity index (χ3v) is 21.4. The van der Waals surface area contributed by atoms with Gasteiger partial charge in [-0.05, 0) is 204 Å². The van der Waals surface area contributed by atoms with Crippen LogP contribution in [0.15, 0.2) is 173 Å². The molecule has 444 valence electrons. The molecule has 4 heterocycles. The third kappa shape index (κ3) is 8.68. The lowest BCUT2D eigenvalue weighted by Crippen LogP contribution is -2.62. The van der Waals surface area contributed by atoms with Crippen molar-refractivity contribution in [1.29, 1.82) is 0 Å². The molecule has 2 aromatic heterocycles. The molecule has 0 unspecified atom stereocenters. The first kappa shape index (κ1) is 56.5. The molecule has 9 aromatic carbocycles. The minimum atomic E-state index is -0.239. The molecule has 11 aromatic rings. The quantitative estimate of drug-likeness (QED) is 0.161. The molecule has 0 saturated heterocycles. The van der Waals surface area contributed by atoms with E-state index in [2.05, 4.69) is 296 Å². The zero-order valence-electron chi connectivity index (χ0n) is 55.2. The van der Waals surface area contributed by atoms with Crippen molar-refractivity contribution in [2.24, 2.45) is 0 Å². The Morgan fingerprint density at radius 3 is 1.48 bits per heavy atom. The monoisotopic (exact) mass is 1160 g/mol. The standard InChI is InChI=1S/C82H86BN3O2/c1-76(2,3)49-22-28-52(29-23-49)84(53-30-24-50(25-31-53)77(4,5)6)56-34-36-58-60-44-59-61-45-62-57-20-18-19-21-70(57)88-75(62)74-73(61)83(86(68(59)48-72(60)87-71(58)43-56)54-32-26-51(27-33-54)78(7,8)9)67-46-65-66(82(16,17)41-40-81(65,14)15)47-69(67)85(74)55-35-37-63-64(42-55)80(12,13)39-38-79(63,10)11/h18-37,42-48H,38-41H2,1-17H3. The lowest BCUT2D eigenvalue weighted by Gasteiger charge is -2.48. The van der Waals surface area contributed by atoms with Gasteiger partial charge < -0.3 is 23.4 Å². The Morgan fingerprint density at radius 2 is 0.886 bits per heavy atom. The smallest absolute Gasteiger partial charge is 0.333 e. The molecule has 0 N–H and O–H groups in total. The van der Waals surface area contributed by atoms with Crippen LogP contribution >= 0.6 is 0 Å². The summed E-state index contributed by atoms with van der Waals surface area (Å²) < 4.78 is 14.8. The van der Waals surface area contributed by atoms with Gasteiger partial charge in [-0.1, -0.05) is 184 Å². The van der Waals surface area contributed by atoms with Gasteiger partial charge in [0.1, 0.15) is 16.7 Å². The number of anilines is 8. The van der Waals surface area contributed by atoms with E-state index in [0.29, 0.717) is 0 Å². The van der Waals surface area contributed by atoms with Gasteiger partial charge in [-0.15, -0.1) is 0 Å². The summed E-state index contributed by atoms with van der Waals surface area (Å²) in [6.07, 6.45) is 4.53. The van der Waals surface area contributed by atoms with Gasteiger partial charge >= 0.3 is 6.85 Å². The summed E-state index contributed by atoms with van der Waals surface area (Å²) in [5, 5.41) is 4.42.